The molecule has 0 aromatic carbocycles. The molecule has 1 heterocycles. The second kappa shape index (κ2) is 3.74. The zero-order valence-corrected chi connectivity index (χ0v) is 10.8. The molecule has 19 heavy (non-hydrogen) atoms. The van der Waals surface area contributed by atoms with Crippen LogP contribution in [0.15, 0.2) is 6.20 Å². The first-order chi connectivity index (χ1) is 9.12. The molecule has 2 N–H and O–H groups in total. The second-order valence-electron chi connectivity index (χ2n) is 6.61. The van der Waals surface area contributed by atoms with Crippen LogP contribution in [0.3, 0.4) is 0 Å². The summed E-state index contributed by atoms with van der Waals surface area (Å²) < 4.78 is 6.12. The van der Waals surface area contributed by atoms with E-state index in [9.17, 15) is 4.79 Å². The molecule has 4 saturated carbocycles. The molecule has 102 valence electrons. The van der Waals surface area contributed by atoms with Gasteiger partial charge in [0.05, 0.1) is 6.20 Å². The summed E-state index contributed by atoms with van der Waals surface area (Å²) in [6, 6.07) is 0.374. The highest BCUT2D eigenvalue weighted by Crippen LogP contribution is 2.56. The first-order valence-electron chi connectivity index (χ1n) is 7.09. The predicted molar refractivity (Wildman–Crippen MR) is 67.1 cm³/mol. The van der Waals surface area contributed by atoms with E-state index in [0.29, 0.717) is 6.01 Å². The number of nitrogens with one attached hydrogen (secondary N) is 1. The van der Waals surface area contributed by atoms with Crippen molar-refractivity contribution in [2.45, 2.75) is 44.1 Å². The van der Waals surface area contributed by atoms with E-state index in [4.69, 9.17) is 9.84 Å². The Labute approximate surface area is 111 Å². The van der Waals surface area contributed by atoms with E-state index in [1.54, 1.807) is 0 Å². The summed E-state index contributed by atoms with van der Waals surface area (Å²) in [6.07, 6.45) is 8.76. The van der Waals surface area contributed by atoms with Gasteiger partial charge in [0.1, 0.15) is 11.3 Å². The third-order valence-corrected chi connectivity index (χ3v) is 5.08. The molecule has 0 saturated heterocycles. The fourth-order valence-electron chi connectivity index (χ4n) is 4.82. The maximum atomic E-state index is 10.9. The molecular weight excluding hydrogens is 244 g/mol. The Morgan fingerprint density at radius 2 is 1.84 bits per heavy atom. The number of ether oxygens (including phenoxy) is 1. The van der Waals surface area contributed by atoms with Gasteiger partial charge < -0.3 is 14.8 Å². The van der Waals surface area contributed by atoms with Crippen LogP contribution in [0.4, 0.5) is 0 Å². The maximum Gasteiger partial charge on any atom is 0.354 e. The molecule has 0 spiro atoms. The van der Waals surface area contributed by atoms with Crippen molar-refractivity contribution >= 4 is 5.97 Å². The van der Waals surface area contributed by atoms with Crippen LogP contribution >= 0.6 is 0 Å². The zero-order valence-electron chi connectivity index (χ0n) is 10.8. The van der Waals surface area contributed by atoms with Crippen LogP contribution in [0.5, 0.6) is 6.01 Å². The fourth-order valence-corrected chi connectivity index (χ4v) is 4.82. The molecule has 5 nitrogen and oxygen atoms in total. The predicted octanol–water partition coefficient (Wildman–Crippen LogP) is 2.46. The van der Waals surface area contributed by atoms with Crippen molar-refractivity contribution in [2.75, 3.05) is 0 Å². The first-order valence-corrected chi connectivity index (χ1v) is 7.09. The van der Waals surface area contributed by atoms with Crippen LogP contribution < -0.4 is 4.74 Å². The Hall–Kier alpha value is -1.52. The number of hydrogen-bond acceptors (Lipinski definition) is 3. The van der Waals surface area contributed by atoms with Gasteiger partial charge in [-0.2, -0.15) is 0 Å². The van der Waals surface area contributed by atoms with Crippen molar-refractivity contribution in [3.8, 4) is 6.01 Å². The van der Waals surface area contributed by atoms with Gasteiger partial charge in [-0.25, -0.2) is 9.78 Å². The van der Waals surface area contributed by atoms with Crippen molar-refractivity contribution in [1.82, 2.24) is 9.97 Å². The van der Waals surface area contributed by atoms with Crippen molar-refractivity contribution in [3.05, 3.63) is 11.9 Å². The molecule has 4 aliphatic carbocycles. The lowest BCUT2D eigenvalue weighted by Gasteiger charge is -2.55. The highest BCUT2D eigenvalue weighted by Gasteiger charge is 2.52. The van der Waals surface area contributed by atoms with E-state index in [-0.39, 0.29) is 11.3 Å². The van der Waals surface area contributed by atoms with Crippen molar-refractivity contribution in [3.63, 3.8) is 0 Å². The van der Waals surface area contributed by atoms with Gasteiger partial charge in [-0.15, -0.1) is 0 Å². The van der Waals surface area contributed by atoms with Crippen LogP contribution in [0, 0.1) is 17.8 Å². The fraction of sp³-hybridized carbons (Fsp3) is 0.714. The minimum Gasteiger partial charge on any atom is -0.477 e. The largest absolute Gasteiger partial charge is 0.477 e. The number of nitrogens with zero attached hydrogens (tertiary/aromatic N) is 1. The summed E-state index contributed by atoms with van der Waals surface area (Å²) in [7, 11) is 0. The van der Waals surface area contributed by atoms with E-state index in [2.05, 4.69) is 9.97 Å². The van der Waals surface area contributed by atoms with Crippen LogP contribution in [-0.4, -0.2) is 26.6 Å². The van der Waals surface area contributed by atoms with Crippen LogP contribution in [0.25, 0.3) is 0 Å². The Balaban J connectivity index is 1.57. The molecular formula is C14H18N2O3. The molecule has 4 bridgehead atoms. The van der Waals surface area contributed by atoms with Gasteiger partial charge in [-0.3, -0.25) is 0 Å². The van der Waals surface area contributed by atoms with Crippen molar-refractivity contribution < 1.29 is 14.6 Å². The molecule has 4 fully saturated rings. The molecule has 5 heteroatoms. The number of imidazole rings is 1. The minimum atomic E-state index is -0.993. The molecule has 0 radical (unpaired) electrons. The Bertz CT molecular complexity index is 487. The van der Waals surface area contributed by atoms with E-state index in [1.165, 1.54) is 25.5 Å². The number of carbonyl (C=O) groups is 1. The van der Waals surface area contributed by atoms with Crippen LogP contribution in [-0.2, 0) is 0 Å². The molecule has 5 rings (SSSR count). The van der Waals surface area contributed by atoms with Crippen molar-refractivity contribution in [2.24, 2.45) is 17.8 Å². The number of carboxylic acids is 1. The van der Waals surface area contributed by atoms with Gasteiger partial charge >= 0.3 is 5.97 Å². The summed E-state index contributed by atoms with van der Waals surface area (Å²) in [5.41, 5.74) is 0.0160. The third kappa shape index (κ3) is 1.83. The summed E-state index contributed by atoms with van der Waals surface area (Å²) in [6.45, 7) is 0. The number of aromatic amines is 1. The second-order valence-corrected chi connectivity index (χ2v) is 6.61. The van der Waals surface area contributed by atoms with Gasteiger partial charge in [0, 0.05) is 0 Å². The lowest BCUT2D eigenvalue weighted by Crippen LogP contribution is -2.53. The van der Waals surface area contributed by atoms with E-state index in [0.717, 1.165) is 37.0 Å². The number of aromatic nitrogens is 2. The van der Waals surface area contributed by atoms with Gasteiger partial charge in [0.25, 0.3) is 6.01 Å². The monoisotopic (exact) mass is 262 g/mol. The molecule has 0 amide bonds. The number of rotatable bonds is 3. The smallest absolute Gasteiger partial charge is 0.354 e. The SMILES string of the molecule is O=C(O)c1cnc(OC23CC4CC(CC(C4)C2)C3)[nH]1. The van der Waals surface area contributed by atoms with Crippen LogP contribution in [0.1, 0.15) is 49.0 Å². The highest BCUT2D eigenvalue weighted by molar-refractivity contribution is 5.85. The van der Waals surface area contributed by atoms with E-state index < -0.39 is 5.97 Å². The number of H-pyrrole nitrogens is 1. The van der Waals surface area contributed by atoms with Gasteiger partial charge in [0.15, 0.2) is 0 Å². The highest BCUT2D eigenvalue weighted by atomic mass is 16.5. The normalized spacial score (nSPS) is 39.5. The minimum absolute atomic E-state index is 0.0810. The average molecular weight is 262 g/mol. The summed E-state index contributed by atoms with van der Waals surface area (Å²) >= 11 is 0. The Morgan fingerprint density at radius 1 is 1.26 bits per heavy atom. The van der Waals surface area contributed by atoms with Gasteiger partial charge in [0.2, 0.25) is 0 Å². The molecule has 0 unspecified atom stereocenters. The zero-order chi connectivity index (χ0) is 13.0. The van der Waals surface area contributed by atoms with E-state index in [1.807, 2.05) is 0 Å². The standard InChI is InChI=1S/C14H18N2O3/c17-12(18)11-7-15-13(16-11)19-14-4-8-1-9(5-14)3-10(2-8)6-14/h7-10H,1-6H2,(H,15,16)(H,17,18). The molecule has 4 aliphatic rings. The first kappa shape index (κ1) is 11.3. The summed E-state index contributed by atoms with van der Waals surface area (Å²) in [4.78, 5) is 17.7. The molecule has 0 atom stereocenters. The lowest BCUT2D eigenvalue weighted by molar-refractivity contribution is -0.111. The average Bonchev–Trinajstić information content (AvgIpc) is 2.74. The third-order valence-electron chi connectivity index (χ3n) is 5.08. The quantitative estimate of drug-likeness (QED) is 0.877. The molecule has 1 aromatic heterocycles. The molecule has 1 aromatic rings. The summed E-state index contributed by atoms with van der Waals surface area (Å²) in [5.74, 6) is 1.42. The summed E-state index contributed by atoms with van der Waals surface area (Å²) in [5, 5.41) is 8.90. The maximum absolute atomic E-state index is 10.9. The van der Waals surface area contributed by atoms with Crippen molar-refractivity contribution in [1.29, 1.82) is 0 Å². The Kier molecular flexibility index (Phi) is 2.23. The van der Waals surface area contributed by atoms with E-state index >= 15 is 0 Å². The van der Waals surface area contributed by atoms with Gasteiger partial charge in [-0.1, -0.05) is 0 Å². The Morgan fingerprint density at radius 3 is 2.32 bits per heavy atom. The lowest BCUT2D eigenvalue weighted by atomic mass is 9.54. The topological polar surface area (TPSA) is 75.2 Å². The van der Waals surface area contributed by atoms with Gasteiger partial charge in [-0.05, 0) is 56.3 Å². The number of hydrogen-bond donors (Lipinski definition) is 2. The number of carboxylic acid groups (broad SMARTS) is 1. The molecule has 0 aliphatic heterocycles. The number of aromatic carboxylic acids is 1. The van der Waals surface area contributed by atoms with Crippen LogP contribution in [0.2, 0.25) is 0 Å².